The zero-order chi connectivity index (χ0) is 11.0. The minimum atomic E-state index is -0.237. The predicted octanol–water partition coefficient (Wildman–Crippen LogP) is 1.38. The summed E-state index contributed by atoms with van der Waals surface area (Å²) in [5.41, 5.74) is 4.83. The first-order valence-electron chi connectivity index (χ1n) is 5.02. The Balaban J connectivity index is 2.86. The third-order valence-electron chi connectivity index (χ3n) is 2.91. The fourth-order valence-electron chi connectivity index (χ4n) is 2.44. The Labute approximate surface area is 85.8 Å². The summed E-state index contributed by atoms with van der Waals surface area (Å²) < 4.78 is 0. The Hall–Kier alpha value is -0.610. The Kier molecular flexibility index (Phi) is 2.88. The van der Waals surface area contributed by atoms with E-state index >= 15 is 0 Å². The van der Waals surface area contributed by atoms with Gasteiger partial charge in [0.15, 0.2) is 0 Å². The van der Waals surface area contributed by atoms with Crippen molar-refractivity contribution in [3.05, 3.63) is 0 Å². The van der Waals surface area contributed by atoms with E-state index in [4.69, 9.17) is 5.73 Å². The molecular weight excluding hydrogens is 178 g/mol. The van der Waals surface area contributed by atoms with E-state index in [0.717, 1.165) is 12.8 Å². The van der Waals surface area contributed by atoms with Crippen LogP contribution in [0.15, 0.2) is 4.99 Å². The van der Waals surface area contributed by atoms with E-state index in [-0.39, 0.29) is 17.1 Å². The molecule has 3 N–H and O–H groups in total. The van der Waals surface area contributed by atoms with Crippen LogP contribution >= 0.6 is 0 Å². The van der Waals surface area contributed by atoms with Crippen LogP contribution in [-0.4, -0.2) is 33.7 Å². The van der Waals surface area contributed by atoms with Crippen LogP contribution in [0, 0.1) is 0 Å². The molecule has 1 rings (SSSR count). The molecule has 0 spiro atoms. The number of nitrogens with two attached hydrogens (primary N) is 1. The van der Waals surface area contributed by atoms with Gasteiger partial charge in [-0.3, -0.25) is 4.99 Å². The molecule has 14 heavy (non-hydrogen) atoms. The lowest BCUT2D eigenvalue weighted by Gasteiger charge is -2.50. The molecule has 1 aliphatic heterocycles. The Bertz CT molecular complexity index is 218. The highest BCUT2D eigenvalue weighted by Crippen LogP contribution is 2.37. The van der Waals surface area contributed by atoms with Crippen molar-refractivity contribution < 1.29 is 5.21 Å². The monoisotopic (exact) mass is 199 g/mol. The van der Waals surface area contributed by atoms with Crippen LogP contribution in [-0.2, 0) is 0 Å². The standard InChI is InChI=1S/C10H21N3O/c1-9(2)5-8(12-7-11)6-10(3,4)13(9)14/h7-8,14H,5-6H2,1-4H3,(H2,11,12). The van der Waals surface area contributed by atoms with Gasteiger partial charge in [-0.15, -0.1) is 0 Å². The molecule has 1 saturated heterocycles. The van der Waals surface area contributed by atoms with Gasteiger partial charge in [-0.05, 0) is 40.5 Å². The molecule has 4 heteroatoms. The van der Waals surface area contributed by atoms with Crippen LogP contribution in [0.25, 0.3) is 0 Å². The van der Waals surface area contributed by atoms with Crippen molar-refractivity contribution in [3.8, 4) is 0 Å². The third kappa shape index (κ3) is 2.07. The van der Waals surface area contributed by atoms with Gasteiger partial charge in [-0.2, -0.15) is 5.06 Å². The smallest absolute Gasteiger partial charge is 0.0801 e. The molecule has 0 aliphatic carbocycles. The second-order valence-electron chi connectivity index (χ2n) is 5.30. The summed E-state index contributed by atoms with van der Waals surface area (Å²) in [6.45, 7) is 8.08. The third-order valence-corrected chi connectivity index (χ3v) is 2.91. The molecule has 1 aliphatic rings. The number of hydrogen-bond donors (Lipinski definition) is 2. The van der Waals surface area contributed by atoms with Crippen LogP contribution < -0.4 is 5.73 Å². The number of piperidine rings is 1. The second-order valence-corrected chi connectivity index (χ2v) is 5.30. The van der Waals surface area contributed by atoms with E-state index in [0.29, 0.717) is 0 Å². The number of hydrogen-bond acceptors (Lipinski definition) is 3. The van der Waals surface area contributed by atoms with Gasteiger partial charge in [0.05, 0.1) is 12.4 Å². The summed E-state index contributed by atoms with van der Waals surface area (Å²) in [6.07, 6.45) is 3.03. The van der Waals surface area contributed by atoms with Gasteiger partial charge in [-0.1, -0.05) is 0 Å². The van der Waals surface area contributed by atoms with Gasteiger partial charge in [0, 0.05) is 11.1 Å². The average molecular weight is 199 g/mol. The van der Waals surface area contributed by atoms with Gasteiger partial charge < -0.3 is 10.9 Å². The maximum absolute atomic E-state index is 10.0. The Morgan fingerprint density at radius 3 is 2.07 bits per heavy atom. The number of aliphatic imine (C=N–C) groups is 1. The van der Waals surface area contributed by atoms with Gasteiger partial charge in [0.2, 0.25) is 0 Å². The second kappa shape index (κ2) is 3.51. The van der Waals surface area contributed by atoms with Gasteiger partial charge in [0.1, 0.15) is 0 Å². The van der Waals surface area contributed by atoms with Crippen molar-refractivity contribution in [2.24, 2.45) is 10.7 Å². The molecule has 1 fully saturated rings. The SMILES string of the molecule is CC1(C)CC(N=CN)CC(C)(C)N1O. The number of hydroxylamine groups is 2. The summed E-state index contributed by atoms with van der Waals surface area (Å²) in [5.74, 6) is 0. The van der Waals surface area contributed by atoms with E-state index in [1.165, 1.54) is 11.4 Å². The highest BCUT2D eigenvalue weighted by Gasteiger charge is 2.44. The zero-order valence-corrected chi connectivity index (χ0v) is 9.49. The van der Waals surface area contributed by atoms with Crippen LogP contribution in [0.5, 0.6) is 0 Å². The maximum atomic E-state index is 10.0. The van der Waals surface area contributed by atoms with Crippen molar-refractivity contribution in [1.82, 2.24) is 5.06 Å². The number of nitrogens with zero attached hydrogens (tertiary/aromatic N) is 2. The van der Waals surface area contributed by atoms with Crippen molar-refractivity contribution >= 4 is 6.34 Å². The zero-order valence-electron chi connectivity index (χ0n) is 9.49. The Morgan fingerprint density at radius 2 is 1.71 bits per heavy atom. The number of rotatable bonds is 1. The molecule has 82 valence electrons. The molecular formula is C10H21N3O. The molecule has 0 radical (unpaired) electrons. The highest BCUT2D eigenvalue weighted by molar-refractivity contribution is 5.51. The van der Waals surface area contributed by atoms with Crippen molar-refractivity contribution in [2.45, 2.75) is 57.7 Å². The molecule has 0 unspecified atom stereocenters. The van der Waals surface area contributed by atoms with E-state index in [1.54, 1.807) is 0 Å². The Morgan fingerprint density at radius 1 is 1.29 bits per heavy atom. The van der Waals surface area contributed by atoms with E-state index in [2.05, 4.69) is 4.99 Å². The molecule has 0 bridgehead atoms. The molecule has 0 aromatic heterocycles. The summed E-state index contributed by atoms with van der Waals surface area (Å²) in [7, 11) is 0. The van der Waals surface area contributed by atoms with Gasteiger partial charge in [-0.25, -0.2) is 0 Å². The summed E-state index contributed by atoms with van der Waals surface area (Å²) in [6, 6.07) is 0.216. The van der Waals surface area contributed by atoms with Crippen LogP contribution in [0.3, 0.4) is 0 Å². The van der Waals surface area contributed by atoms with Gasteiger partial charge >= 0.3 is 0 Å². The normalized spacial score (nSPS) is 28.4. The van der Waals surface area contributed by atoms with Crippen LogP contribution in [0.2, 0.25) is 0 Å². The van der Waals surface area contributed by atoms with E-state index in [9.17, 15) is 5.21 Å². The van der Waals surface area contributed by atoms with Crippen LogP contribution in [0.4, 0.5) is 0 Å². The topological polar surface area (TPSA) is 61.8 Å². The first kappa shape index (κ1) is 11.5. The first-order valence-corrected chi connectivity index (χ1v) is 5.02. The van der Waals surface area contributed by atoms with Gasteiger partial charge in [0.25, 0.3) is 0 Å². The fraction of sp³-hybridized carbons (Fsp3) is 0.900. The lowest BCUT2D eigenvalue weighted by Crippen LogP contribution is -2.59. The minimum Gasteiger partial charge on any atom is -0.390 e. The largest absolute Gasteiger partial charge is 0.390 e. The lowest BCUT2D eigenvalue weighted by molar-refractivity contribution is -0.244. The fourth-order valence-corrected chi connectivity index (χ4v) is 2.44. The summed E-state index contributed by atoms with van der Waals surface area (Å²) in [5, 5.41) is 11.4. The molecule has 0 aromatic carbocycles. The highest BCUT2D eigenvalue weighted by atomic mass is 16.5. The predicted molar refractivity (Wildman–Crippen MR) is 57.5 cm³/mol. The first-order chi connectivity index (χ1) is 6.29. The minimum absolute atomic E-state index is 0.216. The molecule has 1 heterocycles. The lowest BCUT2D eigenvalue weighted by atomic mass is 9.79. The summed E-state index contributed by atoms with van der Waals surface area (Å²) >= 11 is 0. The van der Waals surface area contributed by atoms with E-state index in [1.807, 2.05) is 27.7 Å². The average Bonchev–Trinajstić information content (AvgIpc) is 1.99. The van der Waals surface area contributed by atoms with Crippen LogP contribution in [0.1, 0.15) is 40.5 Å². The van der Waals surface area contributed by atoms with Crippen molar-refractivity contribution in [3.63, 3.8) is 0 Å². The molecule has 4 nitrogen and oxygen atoms in total. The maximum Gasteiger partial charge on any atom is 0.0801 e. The molecule has 0 saturated carbocycles. The molecule has 0 atom stereocenters. The quantitative estimate of drug-likeness (QED) is 0.495. The molecule has 0 amide bonds. The summed E-state index contributed by atoms with van der Waals surface area (Å²) in [4.78, 5) is 4.22. The molecule has 0 aromatic rings. The van der Waals surface area contributed by atoms with Crippen molar-refractivity contribution in [1.29, 1.82) is 0 Å². The van der Waals surface area contributed by atoms with Crippen molar-refractivity contribution in [2.75, 3.05) is 0 Å². The van der Waals surface area contributed by atoms with E-state index < -0.39 is 0 Å².